The second-order valence-corrected chi connectivity index (χ2v) is 8.14. The van der Waals surface area contributed by atoms with Crippen LogP contribution in [0.4, 0.5) is 0 Å². The van der Waals surface area contributed by atoms with Gasteiger partial charge in [0.2, 0.25) is 0 Å². The zero-order chi connectivity index (χ0) is 13.9. The van der Waals surface area contributed by atoms with Crippen LogP contribution < -0.4 is 5.32 Å². The Labute approximate surface area is 117 Å². The molecule has 0 saturated carbocycles. The molecule has 0 aromatic rings. The topological polar surface area (TPSA) is 52.7 Å². The zero-order valence-corrected chi connectivity index (χ0v) is 13.0. The molecule has 1 N–H and O–H groups in total. The molecular weight excluding hydrogens is 262 g/mol. The number of nitrogens with zero attached hydrogens (tertiary/aromatic N) is 2. The third-order valence-electron chi connectivity index (χ3n) is 4.24. The van der Waals surface area contributed by atoms with Crippen LogP contribution in [0.5, 0.6) is 0 Å². The van der Waals surface area contributed by atoms with E-state index in [-0.39, 0.29) is 0 Å². The van der Waals surface area contributed by atoms with E-state index >= 15 is 0 Å². The van der Waals surface area contributed by atoms with Crippen LogP contribution in [0.3, 0.4) is 0 Å². The molecule has 19 heavy (non-hydrogen) atoms. The highest BCUT2D eigenvalue weighted by atomic mass is 32.2. The molecule has 2 atom stereocenters. The van der Waals surface area contributed by atoms with Crippen molar-refractivity contribution in [3.05, 3.63) is 0 Å². The van der Waals surface area contributed by atoms with Gasteiger partial charge in [-0.2, -0.15) is 0 Å². The van der Waals surface area contributed by atoms with E-state index in [1.54, 1.807) is 0 Å². The number of sulfone groups is 1. The molecule has 6 heteroatoms. The molecule has 3 rings (SSSR count). The minimum atomic E-state index is -2.87. The van der Waals surface area contributed by atoms with Crippen LogP contribution in [-0.2, 0) is 9.84 Å². The molecule has 0 aromatic heterocycles. The van der Waals surface area contributed by atoms with E-state index in [4.69, 9.17) is 0 Å². The summed E-state index contributed by atoms with van der Waals surface area (Å²) in [5, 5.41) is 3.56. The number of hydrogen-bond donors (Lipinski definition) is 1. The van der Waals surface area contributed by atoms with Crippen LogP contribution in [0.25, 0.3) is 0 Å². The first-order chi connectivity index (χ1) is 8.99. The lowest BCUT2D eigenvalue weighted by atomic mass is 9.98. The van der Waals surface area contributed by atoms with Gasteiger partial charge in [-0.3, -0.25) is 9.80 Å². The van der Waals surface area contributed by atoms with Crippen molar-refractivity contribution in [1.82, 2.24) is 15.1 Å². The first-order valence-electron chi connectivity index (χ1n) is 7.37. The first kappa shape index (κ1) is 15.2. The Hall–Kier alpha value is -0.170. The normalized spacial score (nSPS) is 32.4. The van der Waals surface area contributed by atoms with Gasteiger partial charge in [0.1, 0.15) is 9.84 Å². The molecule has 3 fully saturated rings. The van der Waals surface area contributed by atoms with Crippen molar-refractivity contribution in [2.24, 2.45) is 0 Å². The van der Waals surface area contributed by atoms with E-state index < -0.39 is 9.84 Å². The fourth-order valence-electron chi connectivity index (χ4n) is 3.14. The van der Waals surface area contributed by atoms with Crippen molar-refractivity contribution in [2.75, 3.05) is 51.3 Å². The smallest absolute Gasteiger partial charge is 0.147 e. The van der Waals surface area contributed by atoms with Gasteiger partial charge in [0.15, 0.2) is 0 Å². The zero-order valence-electron chi connectivity index (χ0n) is 12.1. The monoisotopic (exact) mass is 289 g/mol. The van der Waals surface area contributed by atoms with E-state index in [0.29, 0.717) is 17.8 Å². The molecule has 0 aliphatic carbocycles. The summed E-state index contributed by atoms with van der Waals surface area (Å²) in [4.78, 5) is 5.04. The standard InChI is InChI=1S/C13H27N3O2S/c1-3-5-14-12(4-10-19(2,17)18)13-11-15-6-8-16(13)9-7-15/h12-14H,3-11H2,1-2H3. The van der Waals surface area contributed by atoms with Crippen LogP contribution in [0.1, 0.15) is 19.8 Å². The summed E-state index contributed by atoms with van der Waals surface area (Å²) in [6.45, 7) is 8.81. The number of hydrogen-bond acceptors (Lipinski definition) is 5. The van der Waals surface area contributed by atoms with Crippen LogP contribution in [0, 0.1) is 0 Å². The number of piperazine rings is 3. The van der Waals surface area contributed by atoms with Crippen molar-refractivity contribution in [3.8, 4) is 0 Å². The van der Waals surface area contributed by atoms with E-state index in [2.05, 4.69) is 22.0 Å². The molecule has 5 nitrogen and oxygen atoms in total. The van der Waals surface area contributed by atoms with E-state index in [1.165, 1.54) is 19.3 Å². The summed E-state index contributed by atoms with van der Waals surface area (Å²) < 4.78 is 22.8. The van der Waals surface area contributed by atoms with Crippen molar-refractivity contribution in [2.45, 2.75) is 31.8 Å². The first-order valence-corrected chi connectivity index (χ1v) is 9.43. The molecule has 3 aliphatic heterocycles. The van der Waals surface area contributed by atoms with Crippen molar-refractivity contribution >= 4 is 9.84 Å². The second kappa shape index (κ2) is 6.52. The minimum absolute atomic E-state index is 0.290. The van der Waals surface area contributed by atoms with Gasteiger partial charge in [0.05, 0.1) is 5.75 Å². The maximum absolute atomic E-state index is 11.4. The average molecular weight is 289 g/mol. The van der Waals surface area contributed by atoms with Crippen LogP contribution in [0.2, 0.25) is 0 Å². The van der Waals surface area contributed by atoms with E-state index in [9.17, 15) is 8.42 Å². The predicted molar refractivity (Wildman–Crippen MR) is 78.2 cm³/mol. The summed E-state index contributed by atoms with van der Waals surface area (Å²) in [7, 11) is -2.87. The summed E-state index contributed by atoms with van der Waals surface area (Å²) >= 11 is 0. The van der Waals surface area contributed by atoms with Crippen LogP contribution >= 0.6 is 0 Å². The van der Waals surface area contributed by atoms with Gasteiger partial charge in [-0.25, -0.2) is 8.42 Å². The molecular formula is C13H27N3O2S. The van der Waals surface area contributed by atoms with Gasteiger partial charge in [-0.15, -0.1) is 0 Å². The minimum Gasteiger partial charge on any atom is -0.312 e. The maximum Gasteiger partial charge on any atom is 0.147 e. The molecule has 0 amide bonds. The van der Waals surface area contributed by atoms with Crippen LogP contribution in [0.15, 0.2) is 0 Å². The Morgan fingerprint density at radius 3 is 2.42 bits per heavy atom. The number of nitrogens with one attached hydrogen (secondary N) is 1. The highest BCUT2D eigenvalue weighted by Crippen LogP contribution is 2.20. The Balaban J connectivity index is 1.96. The lowest BCUT2D eigenvalue weighted by molar-refractivity contribution is -0.00358. The van der Waals surface area contributed by atoms with Gasteiger partial charge >= 0.3 is 0 Å². The third-order valence-corrected chi connectivity index (χ3v) is 5.22. The molecule has 0 radical (unpaired) electrons. The van der Waals surface area contributed by atoms with Gasteiger partial charge in [0, 0.05) is 51.1 Å². The van der Waals surface area contributed by atoms with Gasteiger partial charge < -0.3 is 5.32 Å². The summed E-state index contributed by atoms with van der Waals surface area (Å²) in [6.07, 6.45) is 3.15. The highest BCUT2D eigenvalue weighted by molar-refractivity contribution is 7.90. The van der Waals surface area contributed by atoms with Gasteiger partial charge in [-0.1, -0.05) is 6.92 Å². The maximum atomic E-state index is 11.4. The molecule has 0 spiro atoms. The molecule has 3 saturated heterocycles. The largest absolute Gasteiger partial charge is 0.312 e. The summed E-state index contributed by atoms with van der Waals surface area (Å²) in [5.74, 6) is 0.290. The fraction of sp³-hybridized carbons (Fsp3) is 1.00. The molecule has 3 aliphatic rings. The van der Waals surface area contributed by atoms with Crippen LogP contribution in [-0.4, -0.2) is 81.6 Å². The predicted octanol–water partition coefficient (Wildman–Crippen LogP) is -0.211. The lowest BCUT2D eigenvalue weighted by Gasteiger charge is -2.50. The van der Waals surface area contributed by atoms with E-state index in [1.807, 2.05) is 0 Å². The Morgan fingerprint density at radius 1 is 1.26 bits per heavy atom. The quantitative estimate of drug-likeness (QED) is 0.703. The second-order valence-electron chi connectivity index (χ2n) is 5.88. The Kier molecular flexibility index (Phi) is 5.22. The van der Waals surface area contributed by atoms with Gasteiger partial charge in [0.25, 0.3) is 0 Å². The highest BCUT2D eigenvalue weighted by Gasteiger charge is 2.36. The van der Waals surface area contributed by atoms with E-state index in [0.717, 1.165) is 39.0 Å². The van der Waals surface area contributed by atoms with Gasteiger partial charge in [-0.05, 0) is 19.4 Å². The molecule has 2 bridgehead atoms. The third kappa shape index (κ3) is 4.41. The molecule has 3 heterocycles. The number of fused-ring (bicyclic) bond motifs is 3. The molecule has 112 valence electrons. The summed E-state index contributed by atoms with van der Waals surface area (Å²) in [5.41, 5.74) is 0. The molecule has 2 unspecified atom stereocenters. The SMILES string of the molecule is CCCNC(CCS(C)(=O)=O)C1CN2CCN1CC2. The van der Waals surface area contributed by atoms with Crippen molar-refractivity contribution < 1.29 is 8.42 Å². The lowest BCUT2D eigenvalue weighted by Crippen LogP contribution is -2.66. The fourth-order valence-corrected chi connectivity index (χ4v) is 3.82. The molecule has 0 aromatic carbocycles. The Bertz CT molecular complexity index is 377. The average Bonchev–Trinajstić information content (AvgIpc) is 2.39. The van der Waals surface area contributed by atoms with Crippen molar-refractivity contribution in [3.63, 3.8) is 0 Å². The van der Waals surface area contributed by atoms with Crippen molar-refractivity contribution in [1.29, 1.82) is 0 Å². The number of rotatable bonds is 7. The Morgan fingerprint density at radius 2 is 1.95 bits per heavy atom. The summed E-state index contributed by atoms with van der Waals surface area (Å²) in [6, 6.07) is 0.786.